The minimum atomic E-state index is -3.72. The van der Waals surface area contributed by atoms with Gasteiger partial charge in [-0.2, -0.15) is 0 Å². The van der Waals surface area contributed by atoms with Crippen molar-refractivity contribution in [3.05, 3.63) is 29.3 Å². The lowest BCUT2D eigenvalue weighted by Crippen LogP contribution is -2.44. The van der Waals surface area contributed by atoms with Crippen molar-refractivity contribution in [1.82, 2.24) is 9.62 Å². The van der Waals surface area contributed by atoms with Crippen molar-refractivity contribution >= 4 is 16.0 Å². The van der Waals surface area contributed by atoms with Crippen molar-refractivity contribution in [2.45, 2.75) is 56.9 Å². The number of likely N-dealkylation sites (tertiary alicyclic amines) is 1. The maximum Gasteiger partial charge on any atom is 0.335 e. The highest BCUT2D eigenvalue weighted by Gasteiger charge is 2.26. The second-order valence-corrected chi connectivity index (χ2v) is 8.25. The van der Waals surface area contributed by atoms with E-state index in [0.29, 0.717) is 12.0 Å². The molecule has 0 unspecified atom stereocenters. The summed E-state index contributed by atoms with van der Waals surface area (Å²) < 4.78 is 28.4. The molecular weight excluding hydrogens is 340 g/mol. The molecule has 0 bridgehead atoms. The summed E-state index contributed by atoms with van der Waals surface area (Å²) in [5.74, 6) is -1.12. The molecule has 0 spiro atoms. The van der Waals surface area contributed by atoms with Gasteiger partial charge in [0.1, 0.15) is 0 Å². The average Bonchev–Trinajstić information content (AvgIpc) is 2.60. The summed E-state index contributed by atoms with van der Waals surface area (Å²) in [6.45, 7) is 6.88. The molecule has 1 saturated heterocycles. The largest absolute Gasteiger partial charge is 0.478 e. The van der Waals surface area contributed by atoms with Crippen molar-refractivity contribution in [2.24, 2.45) is 0 Å². The van der Waals surface area contributed by atoms with E-state index >= 15 is 0 Å². The van der Waals surface area contributed by atoms with Crippen LogP contribution < -0.4 is 4.72 Å². The molecule has 1 heterocycles. The van der Waals surface area contributed by atoms with E-state index in [9.17, 15) is 13.2 Å². The fraction of sp³-hybridized carbons (Fsp3) is 0.611. The van der Waals surface area contributed by atoms with Gasteiger partial charge in [0.25, 0.3) is 0 Å². The zero-order valence-corrected chi connectivity index (χ0v) is 15.8. The molecule has 1 aromatic rings. The second kappa shape index (κ2) is 8.78. The van der Waals surface area contributed by atoms with Crippen LogP contribution in [0.1, 0.15) is 55.5 Å². The van der Waals surface area contributed by atoms with Gasteiger partial charge in [0.15, 0.2) is 0 Å². The van der Waals surface area contributed by atoms with Gasteiger partial charge in [-0.1, -0.05) is 26.3 Å². The highest BCUT2D eigenvalue weighted by Crippen LogP contribution is 2.21. The Hall–Kier alpha value is -1.44. The van der Waals surface area contributed by atoms with Crippen LogP contribution in [0.15, 0.2) is 23.1 Å². The van der Waals surface area contributed by atoms with Crippen molar-refractivity contribution in [1.29, 1.82) is 0 Å². The molecule has 6 nitrogen and oxygen atoms in total. The molecular formula is C18H28N2O4S. The normalized spacial score (nSPS) is 16.9. The van der Waals surface area contributed by atoms with Gasteiger partial charge in [-0.05, 0) is 63.0 Å². The summed E-state index contributed by atoms with van der Waals surface area (Å²) in [6, 6.07) is 4.21. The Bertz CT molecular complexity index is 695. The summed E-state index contributed by atoms with van der Waals surface area (Å²) in [5.41, 5.74) is 0.629. The number of carboxylic acid groups (broad SMARTS) is 1. The number of benzene rings is 1. The average molecular weight is 368 g/mol. The van der Waals surface area contributed by atoms with Crippen molar-refractivity contribution in [3.8, 4) is 0 Å². The number of nitrogens with one attached hydrogen (secondary N) is 1. The molecule has 0 aromatic heterocycles. The Morgan fingerprint density at radius 1 is 1.28 bits per heavy atom. The summed E-state index contributed by atoms with van der Waals surface area (Å²) in [4.78, 5) is 13.6. The summed E-state index contributed by atoms with van der Waals surface area (Å²) >= 11 is 0. The molecule has 2 N–H and O–H groups in total. The molecule has 0 atom stereocenters. The molecule has 2 rings (SSSR count). The standard InChI is InChI=1S/C18H28N2O4S/c1-3-5-10-20-11-8-16(9-12-20)19-25(23,24)17-13-15(18(21)22)7-6-14(17)4-2/h6-7,13,16,19H,3-5,8-12H2,1-2H3,(H,21,22). The molecule has 1 aliphatic rings. The van der Waals surface area contributed by atoms with E-state index in [4.69, 9.17) is 5.11 Å². The maximum absolute atomic E-state index is 12.8. The SMILES string of the molecule is CCCCN1CCC(NS(=O)(=O)c2cc(C(=O)O)ccc2CC)CC1. The van der Waals surface area contributed by atoms with Crippen LogP contribution >= 0.6 is 0 Å². The quantitative estimate of drug-likeness (QED) is 0.736. The number of aromatic carboxylic acids is 1. The first-order valence-corrected chi connectivity index (χ1v) is 10.5. The minimum absolute atomic E-state index is 0.00744. The number of hydrogen-bond donors (Lipinski definition) is 2. The molecule has 0 saturated carbocycles. The first-order chi connectivity index (χ1) is 11.9. The lowest BCUT2D eigenvalue weighted by atomic mass is 10.1. The smallest absolute Gasteiger partial charge is 0.335 e. The van der Waals surface area contributed by atoms with Gasteiger partial charge in [-0.15, -0.1) is 0 Å². The topological polar surface area (TPSA) is 86.7 Å². The first-order valence-electron chi connectivity index (χ1n) is 8.98. The second-order valence-electron chi connectivity index (χ2n) is 6.57. The van der Waals surface area contributed by atoms with Gasteiger partial charge in [0.05, 0.1) is 10.5 Å². The van der Waals surface area contributed by atoms with Crippen molar-refractivity contribution in [2.75, 3.05) is 19.6 Å². The number of hydrogen-bond acceptors (Lipinski definition) is 4. The summed E-state index contributed by atoms with van der Waals surface area (Å²) in [5, 5.41) is 9.14. The fourth-order valence-electron chi connectivity index (χ4n) is 3.17. The third-order valence-electron chi connectivity index (χ3n) is 4.72. The Morgan fingerprint density at radius 2 is 1.96 bits per heavy atom. The highest BCUT2D eigenvalue weighted by atomic mass is 32.2. The molecule has 1 aromatic carbocycles. The lowest BCUT2D eigenvalue weighted by molar-refractivity contribution is 0.0696. The number of sulfonamides is 1. The Kier molecular flexibility index (Phi) is 6.98. The van der Waals surface area contributed by atoms with E-state index in [1.807, 2.05) is 6.92 Å². The number of aryl methyl sites for hydroxylation is 1. The summed E-state index contributed by atoms with van der Waals surface area (Å²) in [7, 11) is -3.72. The minimum Gasteiger partial charge on any atom is -0.478 e. The van der Waals surface area contributed by atoms with Gasteiger partial charge < -0.3 is 10.0 Å². The van der Waals surface area contributed by atoms with E-state index in [0.717, 1.165) is 45.3 Å². The number of rotatable bonds is 8. The van der Waals surface area contributed by atoms with Gasteiger partial charge in [0.2, 0.25) is 10.0 Å². The van der Waals surface area contributed by atoms with E-state index in [1.165, 1.54) is 12.1 Å². The molecule has 0 amide bonds. The molecule has 1 aliphatic heterocycles. The molecule has 0 radical (unpaired) electrons. The number of piperidine rings is 1. The number of carbonyl (C=O) groups is 1. The van der Waals surface area contributed by atoms with Crippen molar-refractivity contribution in [3.63, 3.8) is 0 Å². The van der Waals surface area contributed by atoms with Crippen LogP contribution in [-0.4, -0.2) is 50.1 Å². The monoisotopic (exact) mass is 368 g/mol. The van der Waals surface area contributed by atoms with E-state index in [-0.39, 0.29) is 16.5 Å². The van der Waals surface area contributed by atoms with E-state index in [2.05, 4.69) is 16.5 Å². The van der Waals surface area contributed by atoms with Crippen LogP contribution in [0, 0.1) is 0 Å². The van der Waals surface area contributed by atoms with E-state index in [1.54, 1.807) is 6.07 Å². The van der Waals surface area contributed by atoms with Crippen LogP contribution in [0.4, 0.5) is 0 Å². The van der Waals surface area contributed by atoms with Crippen molar-refractivity contribution < 1.29 is 18.3 Å². The number of unbranched alkanes of at least 4 members (excludes halogenated alkanes) is 1. The lowest BCUT2D eigenvalue weighted by Gasteiger charge is -2.32. The molecule has 140 valence electrons. The maximum atomic E-state index is 12.8. The molecule has 0 aliphatic carbocycles. The first kappa shape index (κ1) is 19.9. The highest BCUT2D eigenvalue weighted by molar-refractivity contribution is 7.89. The van der Waals surface area contributed by atoms with Crippen LogP contribution in [0.5, 0.6) is 0 Å². The van der Waals surface area contributed by atoms with Gasteiger partial charge in [0, 0.05) is 6.04 Å². The van der Waals surface area contributed by atoms with Gasteiger partial charge >= 0.3 is 5.97 Å². The predicted octanol–water partition coefficient (Wildman–Crippen LogP) is 2.49. The van der Waals surface area contributed by atoms with Crippen LogP contribution in [-0.2, 0) is 16.4 Å². The summed E-state index contributed by atoms with van der Waals surface area (Å²) in [6.07, 6.45) is 4.42. The Labute approximate surface area is 150 Å². The van der Waals surface area contributed by atoms with Gasteiger partial charge in [-0.25, -0.2) is 17.9 Å². The van der Waals surface area contributed by atoms with Crippen LogP contribution in [0.25, 0.3) is 0 Å². The zero-order valence-electron chi connectivity index (χ0n) is 15.0. The van der Waals surface area contributed by atoms with Crippen LogP contribution in [0.2, 0.25) is 0 Å². The molecule has 25 heavy (non-hydrogen) atoms. The number of nitrogens with zero attached hydrogens (tertiary/aromatic N) is 1. The number of carboxylic acids is 1. The molecule has 7 heteroatoms. The predicted molar refractivity (Wildman–Crippen MR) is 97.5 cm³/mol. The Morgan fingerprint density at radius 3 is 2.52 bits per heavy atom. The Balaban J connectivity index is 2.09. The molecule has 1 fully saturated rings. The third kappa shape index (κ3) is 5.26. The third-order valence-corrected chi connectivity index (χ3v) is 6.32. The zero-order chi connectivity index (χ0) is 18.4. The van der Waals surface area contributed by atoms with Crippen LogP contribution in [0.3, 0.4) is 0 Å². The van der Waals surface area contributed by atoms with E-state index < -0.39 is 16.0 Å². The fourth-order valence-corrected chi connectivity index (χ4v) is 4.81. The van der Waals surface area contributed by atoms with Gasteiger partial charge in [-0.3, -0.25) is 0 Å².